The van der Waals surface area contributed by atoms with E-state index < -0.39 is 22.9 Å². The van der Waals surface area contributed by atoms with Gasteiger partial charge in [0.1, 0.15) is 6.61 Å². The Kier molecular flexibility index (Phi) is 3.95. The lowest BCUT2D eigenvalue weighted by Crippen LogP contribution is -2.71. The third-order valence-electron chi connectivity index (χ3n) is 9.50. The molecular formula is C22H32O6. The second kappa shape index (κ2) is 5.81. The van der Waals surface area contributed by atoms with Crippen LogP contribution < -0.4 is 0 Å². The average Bonchev–Trinajstić information content (AvgIpc) is 3.17. The van der Waals surface area contributed by atoms with E-state index in [4.69, 9.17) is 4.74 Å². The lowest BCUT2D eigenvalue weighted by atomic mass is 9.45. The summed E-state index contributed by atoms with van der Waals surface area (Å²) in [7, 11) is 0. The van der Waals surface area contributed by atoms with E-state index in [1.54, 1.807) is 6.08 Å². The molecule has 2 unspecified atom stereocenters. The smallest absolute Gasteiger partial charge is 0.331 e. The summed E-state index contributed by atoms with van der Waals surface area (Å²) < 4.78 is 5.14. The van der Waals surface area contributed by atoms with Gasteiger partial charge in [-0.05, 0) is 74.7 Å². The van der Waals surface area contributed by atoms with E-state index in [0.29, 0.717) is 38.7 Å². The maximum Gasteiger partial charge on any atom is 0.331 e. The Labute approximate surface area is 165 Å². The topological polar surface area (TPSA) is 107 Å². The first-order valence-electron chi connectivity index (χ1n) is 10.9. The molecule has 28 heavy (non-hydrogen) atoms. The molecule has 6 heteroatoms. The molecule has 4 saturated carbocycles. The second-order valence-corrected chi connectivity index (χ2v) is 10.4. The number of cyclic esters (lactones) is 1. The van der Waals surface area contributed by atoms with Crippen molar-refractivity contribution in [2.45, 2.75) is 87.6 Å². The monoisotopic (exact) mass is 392 g/mol. The molecule has 0 spiro atoms. The van der Waals surface area contributed by atoms with Crippen LogP contribution in [0.1, 0.15) is 64.7 Å². The molecule has 4 N–H and O–H groups in total. The molecule has 8 atom stereocenters. The minimum atomic E-state index is -1.26. The summed E-state index contributed by atoms with van der Waals surface area (Å²) in [6.45, 7) is 2.46. The van der Waals surface area contributed by atoms with Crippen molar-refractivity contribution in [3.63, 3.8) is 0 Å². The Bertz CT molecular complexity index is 735. The molecule has 0 aromatic heterocycles. The number of carbonyl (C=O) groups is 1. The molecule has 6 nitrogen and oxygen atoms in total. The highest BCUT2D eigenvalue weighted by Gasteiger charge is 2.71. The zero-order valence-electron chi connectivity index (χ0n) is 16.6. The van der Waals surface area contributed by atoms with Crippen molar-refractivity contribution in [3.8, 4) is 0 Å². The molecule has 1 heterocycles. The lowest BCUT2D eigenvalue weighted by Gasteiger charge is -2.64. The summed E-state index contributed by atoms with van der Waals surface area (Å²) in [5.41, 5.74) is -2.78. The maximum atomic E-state index is 12.0. The van der Waals surface area contributed by atoms with Gasteiger partial charge in [-0.15, -0.1) is 0 Å². The van der Waals surface area contributed by atoms with Crippen molar-refractivity contribution >= 4 is 5.97 Å². The number of ether oxygens (including phenoxy) is 1. The molecule has 0 bridgehead atoms. The van der Waals surface area contributed by atoms with Gasteiger partial charge < -0.3 is 25.2 Å². The summed E-state index contributed by atoms with van der Waals surface area (Å²) in [4.78, 5) is 11.6. The Morgan fingerprint density at radius 2 is 1.64 bits per heavy atom. The van der Waals surface area contributed by atoms with Gasteiger partial charge in [0.15, 0.2) is 0 Å². The van der Waals surface area contributed by atoms with Gasteiger partial charge in [0.05, 0.1) is 22.9 Å². The van der Waals surface area contributed by atoms with Gasteiger partial charge in [0.2, 0.25) is 0 Å². The number of esters is 1. The molecule has 0 radical (unpaired) electrons. The van der Waals surface area contributed by atoms with Crippen LogP contribution in [0.5, 0.6) is 0 Å². The van der Waals surface area contributed by atoms with Gasteiger partial charge in [0, 0.05) is 17.9 Å². The number of carbonyl (C=O) groups excluding carboxylic acids is 1. The first kappa shape index (κ1) is 19.0. The molecule has 4 aliphatic carbocycles. The average molecular weight is 392 g/mol. The highest BCUT2D eigenvalue weighted by molar-refractivity contribution is 5.85. The fourth-order valence-corrected chi connectivity index (χ4v) is 7.99. The van der Waals surface area contributed by atoms with Crippen molar-refractivity contribution in [1.29, 1.82) is 0 Å². The molecule has 1 aliphatic heterocycles. The molecule has 0 saturated heterocycles. The Hall–Kier alpha value is -0.950. The molecule has 5 aliphatic rings. The van der Waals surface area contributed by atoms with Crippen LogP contribution in [-0.2, 0) is 9.53 Å². The highest BCUT2D eigenvalue weighted by atomic mass is 16.5. The third-order valence-corrected chi connectivity index (χ3v) is 9.50. The van der Waals surface area contributed by atoms with E-state index in [1.807, 2.05) is 0 Å². The minimum absolute atomic E-state index is 0.0737. The van der Waals surface area contributed by atoms with Crippen LogP contribution in [0, 0.1) is 23.2 Å². The SMILES string of the molecule is C[C@]12CC[C@H]3[C@@H](CCC4(O)CC(O)CC[C@]34O)[C@]1(O)CC[C@@H]2C1=CC(=O)OC1. The molecule has 5 rings (SSSR count). The van der Waals surface area contributed by atoms with Gasteiger partial charge in [0.25, 0.3) is 0 Å². The van der Waals surface area contributed by atoms with Gasteiger partial charge in [-0.1, -0.05) is 6.92 Å². The zero-order chi connectivity index (χ0) is 19.9. The van der Waals surface area contributed by atoms with Crippen LogP contribution in [0.4, 0.5) is 0 Å². The van der Waals surface area contributed by atoms with Crippen molar-refractivity contribution in [1.82, 2.24) is 0 Å². The molecule has 0 amide bonds. The quantitative estimate of drug-likeness (QED) is 0.503. The molecular weight excluding hydrogens is 360 g/mol. The standard InChI is InChI=1S/C22H32O6/c1-19-6-3-17-16(4-7-20(25)11-14(23)2-8-22(17,20)27)21(19,26)9-5-15(19)13-10-18(24)28-12-13/h10,14-17,23,25-27H,2-9,11-12H2,1H3/t14?,15-,16-,17+,19-,20?,21-,22+/m1/s1. The number of aliphatic hydroxyl groups is 4. The Morgan fingerprint density at radius 3 is 2.36 bits per heavy atom. The van der Waals surface area contributed by atoms with Gasteiger partial charge >= 0.3 is 5.97 Å². The highest BCUT2D eigenvalue weighted by Crippen LogP contribution is 2.68. The van der Waals surface area contributed by atoms with E-state index in [2.05, 4.69) is 6.92 Å². The van der Waals surface area contributed by atoms with Gasteiger partial charge in [-0.2, -0.15) is 0 Å². The molecule has 0 aromatic carbocycles. The largest absolute Gasteiger partial charge is 0.458 e. The van der Waals surface area contributed by atoms with E-state index in [9.17, 15) is 25.2 Å². The summed E-state index contributed by atoms with van der Waals surface area (Å²) in [6.07, 6.45) is 6.17. The number of aliphatic hydroxyl groups excluding tert-OH is 1. The molecule has 4 fully saturated rings. The van der Waals surface area contributed by atoms with Crippen molar-refractivity contribution in [2.24, 2.45) is 23.2 Å². The van der Waals surface area contributed by atoms with Crippen molar-refractivity contribution in [3.05, 3.63) is 11.6 Å². The van der Waals surface area contributed by atoms with Crippen LogP contribution in [0.25, 0.3) is 0 Å². The first-order chi connectivity index (χ1) is 13.1. The Balaban J connectivity index is 1.49. The van der Waals surface area contributed by atoms with Crippen LogP contribution in [0.15, 0.2) is 11.6 Å². The van der Waals surface area contributed by atoms with Crippen LogP contribution in [-0.4, -0.2) is 55.9 Å². The second-order valence-electron chi connectivity index (χ2n) is 10.4. The zero-order valence-corrected chi connectivity index (χ0v) is 16.6. The van der Waals surface area contributed by atoms with E-state index in [0.717, 1.165) is 24.8 Å². The maximum absolute atomic E-state index is 12.0. The van der Waals surface area contributed by atoms with Gasteiger partial charge in [-0.25, -0.2) is 4.79 Å². The number of fused-ring (bicyclic) bond motifs is 5. The number of hydrogen-bond donors (Lipinski definition) is 4. The van der Waals surface area contributed by atoms with E-state index >= 15 is 0 Å². The third kappa shape index (κ3) is 2.21. The van der Waals surface area contributed by atoms with E-state index in [1.165, 1.54) is 0 Å². The molecule has 0 aromatic rings. The van der Waals surface area contributed by atoms with E-state index in [-0.39, 0.29) is 35.6 Å². The van der Waals surface area contributed by atoms with Crippen LogP contribution in [0.2, 0.25) is 0 Å². The minimum Gasteiger partial charge on any atom is -0.458 e. The fourth-order valence-electron chi connectivity index (χ4n) is 7.99. The van der Waals surface area contributed by atoms with Crippen LogP contribution >= 0.6 is 0 Å². The summed E-state index contributed by atoms with van der Waals surface area (Å²) in [5.74, 6) is -0.407. The summed E-state index contributed by atoms with van der Waals surface area (Å²) in [6, 6.07) is 0. The summed E-state index contributed by atoms with van der Waals surface area (Å²) >= 11 is 0. The van der Waals surface area contributed by atoms with Crippen molar-refractivity contribution < 1.29 is 30.0 Å². The molecule has 156 valence electrons. The van der Waals surface area contributed by atoms with Crippen molar-refractivity contribution in [2.75, 3.05) is 6.61 Å². The first-order valence-corrected chi connectivity index (χ1v) is 10.9. The normalized spacial score (nSPS) is 55.8. The Morgan fingerprint density at radius 1 is 0.964 bits per heavy atom. The predicted octanol–water partition coefficient (Wildman–Crippen LogP) is 1.44. The number of rotatable bonds is 1. The van der Waals surface area contributed by atoms with Gasteiger partial charge in [-0.3, -0.25) is 0 Å². The van der Waals surface area contributed by atoms with Crippen LogP contribution in [0.3, 0.4) is 0 Å². The fraction of sp³-hybridized carbons (Fsp3) is 0.864. The number of hydrogen-bond acceptors (Lipinski definition) is 6. The predicted molar refractivity (Wildman–Crippen MR) is 100 cm³/mol. The summed E-state index contributed by atoms with van der Waals surface area (Å²) in [5, 5.41) is 45.0. The lowest BCUT2D eigenvalue weighted by molar-refractivity contribution is -0.288.